The Kier molecular flexibility index (Phi) is 24.5. The number of ether oxygens (including phenoxy) is 2. The van der Waals surface area contributed by atoms with Gasteiger partial charge in [0.05, 0.1) is 79.7 Å². The molecule has 462 valence electrons. The van der Waals surface area contributed by atoms with Gasteiger partial charge in [-0.2, -0.15) is 15.3 Å². The molecule has 4 aliphatic rings. The molecule has 4 amide bonds. The molecule has 4 aliphatic heterocycles. The van der Waals surface area contributed by atoms with Gasteiger partial charge in [0.2, 0.25) is 0 Å². The molecule has 7 aromatic carbocycles. The number of hydrogen-bond donors (Lipinski definition) is 3. The number of rotatable bonds is 6. The van der Waals surface area contributed by atoms with Gasteiger partial charge in [0.1, 0.15) is 6.61 Å². The van der Waals surface area contributed by atoms with E-state index in [1.165, 1.54) is 0 Å². The molecule has 0 aliphatic carbocycles. The molecule has 0 unspecified atom stereocenters. The molecule has 10 aromatic rings. The van der Waals surface area contributed by atoms with Crippen molar-refractivity contribution in [3.05, 3.63) is 266 Å². The van der Waals surface area contributed by atoms with Crippen molar-refractivity contribution in [3.63, 3.8) is 0 Å². The van der Waals surface area contributed by atoms with Crippen LogP contribution in [0.15, 0.2) is 182 Å². The Bertz CT molecular complexity index is 4750. The van der Waals surface area contributed by atoms with Crippen LogP contribution in [0.3, 0.4) is 0 Å². The number of carbonyl (C=O) groups excluding carboxylic acids is 6. The molecule has 0 fully saturated rings. The van der Waals surface area contributed by atoms with Gasteiger partial charge in [0, 0.05) is 87.6 Å². The van der Waals surface area contributed by atoms with E-state index in [1.54, 1.807) is 97.2 Å². The van der Waals surface area contributed by atoms with Gasteiger partial charge in [0.25, 0.3) is 28.5 Å². The molecular weight excluding hydrogens is 1560 g/mol. The first-order valence-electron chi connectivity index (χ1n) is 26.9. The summed E-state index contributed by atoms with van der Waals surface area (Å²) in [7, 11) is 7.71. The first-order valence-corrected chi connectivity index (χ1v) is 31.4. The quantitative estimate of drug-likeness (QED) is 0.0604. The van der Waals surface area contributed by atoms with Gasteiger partial charge in [0.15, 0.2) is 5.76 Å². The predicted molar refractivity (Wildman–Crippen MR) is 361 cm³/mol. The largest absolute Gasteiger partial charge is 1.00 e. The Labute approximate surface area is 612 Å². The third kappa shape index (κ3) is 16.9. The molecule has 0 bridgehead atoms. The number of alkyl halides is 1. The second-order valence-electron chi connectivity index (χ2n) is 20.4. The van der Waals surface area contributed by atoms with Gasteiger partial charge >= 0.3 is 63.3 Å². The maximum atomic E-state index is 12.5. The third-order valence-corrected chi connectivity index (χ3v) is 16.3. The SMILES string of the molecule is CN(C)/C=C1\OC(=O)c2ccc(Br)cc21.CN(C)Cc1n[nH]c(=O)c2ccc(Br)cc12.O=C1OCc2cc(Br)ccc21.O=C1[N-]C(=O)c2ccccc21.O=C1c2ccccc2C(=O)N1Cc1n[nH]c(=O)c2ccc(Br)cc12.O=c1[nH]nc(CCl)c2cc(Br)ccc12.[K+]. The predicted octanol–water partition coefficient (Wildman–Crippen LogP) is 9.61. The molecule has 21 nitrogen and oxygen atoms in total. The molecule has 3 N–H and O–H groups in total. The van der Waals surface area contributed by atoms with Gasteiger partial charge in [-0.15, -0.1) is 11.6 Å². The number of aromatic nitrogens is 6. The molecule has 14 rings (SSSR count). The zero-order valence-corrected chi connectivity index (χ0v) is 60.9. The van der Waals surface area contributed by atoms with E-state index in [0.717, 1.165) is 54.9 Å². The van der Waals surface area contributed by atoms with Crippen molar-refractivity contribution >= 4 is 165 Å². The van der Waals surface area contributed by atoms with Gasteiger partial charge in [-0.1, -0.05) is 116 Å². The van der Waals surface area contributed by atoms with Crippen LogP contribution in [-0.4, -0.2) is 109 Å². The number of nitrogens with one attached hydrogen (secondary N) is 3. The Hall–Kier alpha value is -6.99. The molecule has 28 heteroatoms. The third-order valence-electron chi connectivity index (χ3n) is 13.5. The summed E-state index contributed by atoms with van der Waals surface area (Å²) in [6.07, 6.45) is 1.79. The first kappa shape index (κ1) is 70.9. The number of hydrogen-bond acceptors (Lipinski definition) is 16. The van der Waals surface area contributed by atoms with E-state index in [1.807, 2.05) is 86.5 Å². The van der Waals surface area contributed by atoms with Crippen molar-refractivity contribution in [2.75, 3.05) is 28.2 Å². The van der Waals surface area contributed by atoms with E-state index in [4.69, 9.17) is 21.1 Å². The summed E-state index contributed by atoms with van der Waals surface area (Å²) in [6.45, 7) is 1.10. The van der Waals surface area contributed by atoms with Crippen LogP contribution in [0, 0.1) is 0 Å². The van der Waals surface area contributed by atoms with Crippen molar-refractivity contribution in [1.82, 2.24) is 45.3 Å². The van der Waals surface area contributed by atoms with E-state index >= 15 is 0 Å². The number of nitrogens with zero attached hydrogens (tertiary/aromatic N) is 7. The fourth-order valence-electron chi connectivity index (χ4n) is 9.36. The molecule has 0 radical (unpaired) electrons. The number of cyclic esters (lactones) is 2. The van der Waals surface area contributed by atoms with Gasteiger partial charge < -0.3 is 34.2 Å². The molecule has 3 aromatic heterocycles. The Morgan fingerprint density at radius 3 is 1.41 bits per heavy atom. The van der Waals surface area contributed by atoms with Crippen molar-refractivity contribution in [2.45, 2.75) is 25.6 Å². The van der Waals surface area contributed by atoms with Crippen LogP contribution in [-0.2, 0) is 35.1 Å². The number of esters is 2. The minimum absolute atomic E-state index is 0. The Morgan fingerprint density at radius 1 is 0.500 bits per heavy atom. The van der Waals surface area contributed by atoms with E-state index in [9.17, 15) is 43.2 Å². The number of imide groups is 2. The average molecular weight is 1610 g/mol. The van der Waals surface area contributed by atoms with Crippen LogP contribution in [0.1, 0.15) is 90.4 Å². The second-order valence-corrected chi connectivity index (χ2v) is 25.2. The molecular formula is C64H47Br5ClKN10O11. The standard InChI is InChI=1S/C17H10BrN3O3.C11H12BrN3O.C11H10BrNO2.C9H6BrClN2O.C8H5BrO2.C8H5NO2.K/c18-9-5-6-10-13(7-9)14(19-20-15(10)22)8-21-16(23)11-3-1-2-4-12(11)17(21)24;1-15(2)6-10-9-5-7(12)3-4-8(9)11(16)14-13-10;1-13(2)6-10-9-5-7(12)3-4-8(9)11(14)15-10;10-5-1-2-6-7(3-5)8(4-11)12-13-9(6)14;9-6-1-2-7-5(3-6)4-11-8(7)10;10-7-5-3-1-2-4-6(5)8(11)9-7;/h1-7H,8H2,(H,20,22);3-5H,6H2,1-2H3,(H,14,16);3-6H,1-2H3;1-3H,4H2,(H,13,14);1-3H,4H2;1-4H,(H,9,10,11);/q;;;;;;+1/p-1/b;;10-6-;;;;. The number of amides is 4. The topological polar surface area (TPSA) is 282 Å². The van der Waals surface area contributed by atoms with Crippen LogP contribution >= 0.6 is 91.3 Å². The Balaban J connectivity index is 0.000000145. The van der Waals surface area contributed by atoms with Crippen molar-refractivity contribution < 1.29 is 89.6 Å². The van der Waals surface area contributed by atoms with E-state index in [2.05, 4.69) is 116 Å². The van der Waals surface area contributed by atoms with Crippen LogP contribution in [0.5, 0.6) is 0 Å². The van der Waals surface area contributed by atoms with E-state index < -0.39 is 11.8 Å². The summed E-state index contributed by atoms with van der Waals surface area (Å²) in [5, 5.41) is 26.7. The average Bonchev–Trinajstić information content (AvgIpc) is 1.20. The summed E-state index contributed by atoms with van der Waals surface area (Å²) >= 11 is 22.5. The Morgan fingerprint density at radius 2 is 0.924 bits per heavy atom. The van der Waals surface area contributed by atoms with Crippen LogP contribution in [0.4, 0.5) is 0 Å². The number of H-pyrrole nitrogens is 3. The zero-order valence-electron chi connectivity index (χ0n) is 49.1. The molecule has 0 spiro atoms. The summed E-state index contributed by atoms with van der Waals surface area (Å²) in [4.78, 5) is 109. The van der Waals surface area contributed by atoms with Crippen LogP contribution in [0.25, 0.3) is 43.4 Å². The van der Waals surface area contributed by atoms with Crippen molar-refractivity contribution in [2.24, 2.45) is 0 Å². The number of fused-ring (bicyclic) bond motifs is 7. The van der Waals surface area contributed by atoms with Crippen molar-refractivity contribution in [1.29, 1.82) is 0 Å². The second kappa shape index (κ2) is 31.8. The number of aromatic amines is 3. The molecule has 0 atom stereocenters. The summed E-state index contributed by atoms with van der Waals surface area (Å²) < 4.78 is 14.5. The fraction of sp³-hybridized carbons (Fsp3) is 0.125. The summed E-state index contributed by atoms with van der Waals surface area (Å²) in [5.74, 6) is -1.18. The van der Waals surface area contributed by atoms with Gasteiger partial charge in [-0.25, -0.2) is 24.9 Å². The van der Waals surface area contributed by atoms with Gasteiger partial charge in [-0.05, 0) is 117 Å². The molecule has 0 saturated heterocycles. The minimum Gasteiger partial charge on any atom is -0.587 e. The number of carbonyl (C=O) groups is 6. The van der Waals surface area contributed by atoms with Crippen LogP contribution < -0.4 is 68.1 Å². The smallest absolute Gasteiger partial charge is 0.587 e. The summed E-state index contributed by atoms with van der Waals surface area (Å²) in [5.41, 5.74) is 6.07. The number of halogens is 6. The summed E-state index contributed by atoms with van der Waals surface area (Å²) in [6, 6.07) is 40.5. The monoisotopic (exact) mass is 1600 g/mol. The van der Waals surface area contributed by atoms with Gasteiger partial charge in [-0.3, -0.25) is 28.9 Å². The normalized spacial score (nSPS) is 13.3. The molecule has 0 saturated carbocycles. The van der Waals surface area contributed by atoms with Crippen molar-refractivity contribution in [3.8, 4) is 0 Å². The maximum Gasteiger partial charge on any atom is 1.00 e. The zero-order chi connectivity index (χ0) is 65.4. The fourth-order valence-corrected chi connectivity index (χ4v) is 11.4. The maximum absolute atomic E-state index is 12.5. The van der Waals surface area contributed by atoms with Crippen LogP contribution in [0.2, 0.25) is 0 Å². The van der Waals surface area contributed by atoms with E-state index in [-0.39, 0.29) is 104 Å². The molecule has 92 heavy (non-hydrogen) atoms. The molecule has 7 heterocycles. The first-order chi connectivity index (χ1) is 43.5. The number of benzene rings is 7. The minimum atomic E-state index is -0.425. The van der Waals surface area contributed by atoms with E-state index in [0.29, 0.717) is 85.2 Å².